The SMILES string of the molecule is COC(=O)[C@H](Cc1ccccc1)NS(=O)(=O)c1ccc2c(c1)OCCO2. The van der Waals surface area contributed by atoms with Gasteiger partial charge in [0.15, 0.2) is 11.5 Å². The topological polar surface area (TPSA) is 90.9 Å². The molecule has 1 N–H and O–H groups in total. The third-order valence-electron chi connectivity index (χ3n) is 3.89. The summed E-state index contributed by atoms with van der Waals surface area (Å²) >= 11 is 0. The molecule has 0 spiro atoms. The molecule has 0 aromatic heterocycles. The van der Waals surface area contributed by atoms with Crippen molar-refractivity contribution in [2.24, 2.45) is 0 Å². The minimum atomic E-state index is -3.95. The van der Waals surface area contributed by atoms with Crippen LogP contribution < -0.4 is 14.2 Å². The largest absolute Gasteiger partial charge is 0.486 e. The summed E-state index contributed by atoms with van der Waals surface area (Å²) < 4.78 is 43.4. The summed E-state index contributed by atoms with van der Waals surface area (Å²) in [6.45, 7) is 0.765. The number of esters is 1. The lowest BCUT2D eigenvalue weighted by Gasteiger charge is -2.20. The molecule has 7 nitrogen and oxygen atoms in total. The van der Waals surface area contributed by atoms with E-state index in [9.17, 15) is 13.2 Å². The standard InChI is InChI=1S/C18H19NO6S/c1-23-18(20)15(11-13-5-3-2-4-6-13)19-26(21,22)14-7-8-16-17(12-14)25-10-9-24-16/h2-8,12,15,19H,9-11H2,1H3/t15-/m0/s1. The van der Waals surface area contributed by atoms with Crippen LogP contribution in [0.15, 0.2) is 53.4 Å². The van der Waals surface area contributed by atoms with Crippen molar-refractivity contribution in [2.45, 2.75) is 17.4 Å². The number of benzene rings is 2. The average molecular weight is 377 g/mol. The van der Waals surface area contributed by atoms with Crippen molar-refractivity contribution >= 4 is 16.0 Å². The van der Waals surface area contributed by atoms with Crippen LogP contribution in [0.4, 0.5) is 0 Å². The molecule has 0 radical (unpaired) electrons. The van der Waals surface area contributed by atoms with E-state index in [1.807, 2.05) is 30.3 Å². The van der Waals surface area contributed by atoms with Gasteiger partial charge in [-0.25, -0.2) is 8.42 Å². The molecule has 2 aromatic carbocycles. The highest BCUT2D eigenvalue weighted by Crippen LogP contribution is 2.32. The van der Waals surface area contributed by atoms with E-state index >= 15 is 0 Å². The van der Waals surface area contributed by atoms with Crippen LogP contribution in [-0.4, -0.2) is 40.8 Å². The van der Waals surface area contributed by atoms with Crippen LogP contribution in [0.3, 0.4) is 0 Å². The fraction of sp³-hybridized carbons (Fsp3) is 0.278. The number of fused-ring (bicyclic) bond motifs is 1. The van der Waals surface area contributed by atoms with Gasteiger partial charge in [-0.1, -0.05) is 30.3 Å². The number of nitrogens with one attached hydrogen (secondary N) is 1. The maximum atomic E-state index is 12.7. The molecule has 1 heterocycles. The number of hydrogen-bond acceptors (Lipinski definition) is 6. The second kappa shape index (κ2) is 7.76. The first-order valence-electron chi connectivity index (χ1n) is 8.03. The van der Waals surface area contributed by atoms with Crippen LogP contribution in [0.5, 0.6) is 11.5 Å². The lowest BCUT2D eigenvalue weighted by molar-refractivity contribution is -0.142. The van der Waals surface area contributed by atoms with Gasteiger partial charge in [-0.2, -0.15) is 4.72 Å². The normalized spacial score (nSPS) is 14.5. The summed E-state index contributed by atoms with van der Waals surface area (Å²) in [6, 6.07) is 12.4. The van der Waals surface area contributed by atoms with Crippen molar-refractivity contribution in [1.82, 2.24) is 4.72 Å². The smallest absolute Gasteiger partial charge is 0.324 e. The van der Waals surface area contributed by atoms with Crippen LogP contribution >= 0.6 is 0 Å². The molecule has 26 heavy (non-hydrogen) atoms. The van der Waals surface area contributed by atoms with Crippen molar-refractivity contribution in [1.29, 1.82) is 0 Å². The zero-order valence-corrected chi connectivity index (χ0v) is 15.0. The third-order valence-corrected chi connectivity index (χ3v) is 5.36. The van der Waals surface area contributed by atoms with Crippen molar-refractivity contribution < 1.29 is 27.4 Å². The highest BCUT2D eigenvalue weighted by molar-refractivity contribution is 7.89. The summed E-state index contributed by atoms with van der Waals surface area (Å²) in [5, 5.41) is 0. The van der Waals surface area contributed by atoms with E-state index in [0.717, 1.165) is 5.56 Å². The van der Waals surface area contributed by atoms with E-state index in [4.69, 9.17) is 14.2 Å². The van der Waals surface area contributed by atoms with Gasteiger partial charge in [0.25, 0.3) is 0 Å². The maximum absolute atomic E-state index is 12.7. The molecular formula is C18H19NO6S. The molecular weight excluding hydrogens is 358 g/mol. The first-order valence-corrected chi connectivity index (χ1v) is 9.51. The van der Waals surface area contributed by atoms with E-state index in [1.54, 1.807) is 0 Å². The molecule has 2 aromatic rings. The fourth-order valence-electron chi connectivity index (χ4n) is 2.61. The molecule has 3 rings (SSSR count). The van der Waals surface area contributed by atoms with E-state index in [-0.39, 0.29) is 11.3 Å². The molecule has 0 amide bonds. The van der Waals surface area contributed by atoms with E-state index in [0.29, 0.717) is 24.7 Å². The Hall–Kier alpha value is -2.58. The van der Waals surface area contributed by atoms with Gasteiger partial charge in [-0.15, -0.1) is 0 Å². The predicted molar refractivity (Wildman–Crippen MR) is 93.7 cm³/mol. The molecule has 1 aliphatic rings. The van der Waals surface area contributed by atoms with E-state index in [2.05, 4.69) is 4.72 Å². The van der Waals surface area contributed by atoms with Gasteiger partial charge in [0.1, 0.15) is 19.3 Å². The summed E-state index contributed by atoms with van der Waals surface area (Å²) in [4.78, 5) is 12.1. The summed E-state index contributed by atoms with van der Waals surface area (Å²) in [7, 11) is -2.73. The van der Waals surface area contributed by atoms with Gasteiger partial charge in [0.05, 0.1) is 12.0 Å². The van der Waals surface area contributed by atoms with Gasteiger partial charge in [-0.3, -0.25) is 4.79 Å². The van der Waals surface area contributed by atoms with Crippen molar-refractivity contribution in [3.8, 4) is 11.5 Å². The quantitative estimate of drug-likeness (QED) is 0.768. The van der Waals surface area contributed by atoms with Crippen molar-refractivity contribution in [3.05, 3.63) is 54.1 Å². The Balaban J connectivity index is 1.83. The minimum absolute atomic E-state index is 0.0104. The number of methoxy groups -OCH3 is 1. The zero-order chi connectivity index (χ0) is 18.6. The molecule has 1 atom stereocenters. The number of sulfonamides is 1. The zero-order valence-electron chi connectivity index (χ0n) is 14.2. The third kappa shape index (κ3) is 4.14. The molecule has 138 valence electrons. The highest BCUT2D eigenvalue weighted by Gasteiger charge is 2.28. The number of carbonyl (C=O) groups excluding carboxylic acids is 1. The Kier molecular flexibility index (Phi) is 5.43. The van der Waals surface area contributed by atoms with E-state index < -0.39 is 22.0 Å². The van der Waals surface area contributed by atoms with Gasteiger partial charge >= 0.3 is 5.97 Å². The summed E-state index contributed by atoms with van der Waals surface area (Å²) in [5.41, 5.74) is 0.813. The first-order chi connectivity index (χ1) is 12.5. The average Bonchev–Trinajstić information content (AvgIpc) is 2.67. The number of hydrogen-bond donors (Lipinski definition) is 1. The van der Waals surface area contributed by atoms with Crippen molar-refractivity contribution in [2.75, 3.05) is 20.3 Å². The lowest BCUT2D eigenvalue weighted by Crippen LogP contribution is -2.43. The predicted octanol–water partition coefficient (Wildman–Crippen LogP) is 1.52. The Morgan fingerprint density at radius 3 is 2.50 bits per heavy atom. The Labute approximate surface area is 151 Å². The molecule has 0 unspecified atom stereocenters. The van der Waals surface area contributed by atoms with E-state index in [1.165, 1.54) is 25.3 Å². The molecule has 0 saturated heterocycles. The molecule has 0 bridgehead atoms. The van der Waals surface area contributed by atoms with Crippen LogP contribution in [0, 0.1) is 0 Å². The number of carbonyl (C=O) groups is 1. The number of rotatable bonds is 6. The van der Waals surface area contributed by atoms with Crippen molar-refractivity contribution in [3.63, 3.8) is 0 Å². The molecule has 0 aliphatic carbocycles. The van der Waals surface area contributed by atoms with Crippen LogP contribution in [0.2, 0.25) is 0 Å². The second-order valence-electron chi connectivity index (χ2n) is 5.69. The maximum Gasteiger partial charge on any atom is 0.324 e. The van der Waals surface area contributed by atoms with Gasteiger partial charge in [-0.05, 0) is 24.1 Å². The molecule has 0 saturated carbocycles. The number of ether oxygens (including phenoxy) is 3. The summed E-state index contributed by atoms with van der Waals surface area (Å²) in [5.74, 6) is 0.191. The van der Waals surface area contributed by atoms with Crippen LogP contribution in [0.25, 0.3) is 0 Å². The Bertz CT molecular complexity index is 882. The van der Waals surface area contributed by atoms with Crippen LogP contribution in [0.1, 0.15) is 5.56 Å². The molecule has 1 aliphatic heterocycles. The lowest BCUT2D eigenvalue weighted by atomic mass is 10.1. The van der Waals surface area contributed by atoms with Crippen LogP contribution in [-0.2, 0) is 26.0 Å². The Morgan fingerprint density at radius 2 is 1.81 bits per heavy atom. The molecule has 8 heteroatoms. The Morgan fingerprint density at radius 1 is 1.12 bits per heavy atom. The minimum Gasteiger partial charge on any atom is -0.486 e. The van der Waals surface area contributed by atoms with Gasteiger partial charge < -0.3 is 14.2 Å². The monoisotopic (exact) mass is 377 g/mol. The first kappa shape index (κ1) is 18.2. The summed E-state index contributed by atoms with van der Waals surface area (Å²) in [6.07, 6.45) is 0.178. The molecule has 0 fully saturated rings. The van der Waals surface area contributed by atoms with Gasteiger partial charge in [0.2, 0.25) is 10.0 Å². The highest BCUT2D eigenvalue weighted by atomic mass is 32.2. The second-order valence-corrected chi connectivity index (χ2v) is 7.41. The fourth-order valence-corrected chi connectivity index (χ4v) is 3.81. The van der Waals surface area contributed by atoms with Gasteiger partial charge in [0, 0.05) is 6.07 Å².